The zero-order valence-electron chi connectivity index (χ0n) is 15.4. The number of rotatable bonds is 6. The summed E-state index contributed by atoms with van der Waals surface area (Å²) in [6.07, 6.45) is 3.75. The lowest BCUT2D eigenvalue weighted by Gasteiger charge is -2.36. The topological polar surface area (TPSA) is 37.4 Å². The quantitative estimate of drug-likeness (QED) is 0.726. The molecule has 0 bridgehead atoms. The summed E-state index contributed by atoms with van der Waals surface area (Å²) in [6.45, 7) is 4.58. The van der Waals surface area contributed by atoms with Crippen LogP contribution in [0.1, 0.15) is 22.7 Å². The Morgan fingerprint density at radius 3 is 2.48 bits per heavy atom. The molecule has 1 aromatic heterocycles. The van der Waals surface area contributed by atoms with Gasteiger partial charge in [-0.2, -0.15) is 0 Å². The van der Waals surface area contributed by atoms with Crippen molar-refractivity contribution in [3.05, 3.63) is 95.8 Å². The summed E-state index contributed by atoms with van der Waals surface area (Å²) >= 11 is 0. The third-order valence-electron chi connectivity index (χ3n) is 5.00. The first kappa shape index (κ1) is 17.7. The summed E-state index contributed by atoms with van der Waals surface area (Å²) in [6, 6.07) is 23.4. The minimum atomic E-state index is 0.385. The second-order valence-corrected chi connectivity index (χ2v) is 6.89. The molecule has 0 aliphatic carbocycles. The van der Waals surface area contributed by atoms with Crippen molar-refractivity contribution in [3.8, 4) is 5.75 Å². The van der Waals surface area contributed by atoms with Crippen LogP contribution < -0.4 is 10.1 Å². The van der Waals surface area contributed by atoms with Crippen molar-refractivity contribution in [2.24, 2.45) is 0 Å². The van der Waals surface area contributed by atoms with Crippen LogP contribution >= 0.6 is 0 Å². The predicted octanol–water partition coefficient (Wildman–Crippen LogP) is 3.81. The second kappa shape index (κ2) is 8.80. The van der Waals surface area contributed by atoms with Gasteiger partial charge in [0.25, 0.3) is 0 Å². The average Bonchev–Trinajstić information content (AvgIpc) is 2.75. The van der Waals surface area contributed by atoms with Gasteiger partial charge >= 0.3 is 0 Å². The van der Waals surface area contributed by atoms with E-state index >= 15 is 0 Å². The molecule has 4 heteroatoms. The van der Waals surface area contributed by atoms with Crippen molar-refractivity contribution >= 4 is 0 Å². The fraction of sp³-hybridized carbons (Fsp3) is 0.261. The number of nitrogens with one attached hydrogen (secondary N) is 1. The van der Waals surface area contributed by atoms with Crippen LogP contribution in [0.5, 0.6) is 5.75 Å². The average molecular weight is 359 g/mol. The Morgan fingerprint density at radius 1 is 0.926 bits per heavy atom. The van der Waals surface area contributed by atoms with Crippen LogP contribution in [-0.4, -0.2) is 29.5 Å². The van der Waals surface area contributed by atoms with Crippen LogP contribution in [0.4, 0.5) is 0 Å². The largest absolute Gasteiger partial charge is 0.489 e. The van der Waals surface area contributed by atoms with Gasteiger partial charge < -0.3 is 10.1 Å². The zero-order chi connectivity index (χ0) is 18.3. The van der Waals surface area contributed by atoms with Gasteiger partial charge in [-0.25, -0.2) is 0 Å². The highest BCUT2D eigenvalue weighted by molar-refractivity contribution is 5.28. The Morgan fingerprint density at radius 2 is 1.70 bits per heavy atom. The first-order valence-electron chi connectivity index (χ1n) is 9.49. The maximum absolute atomic E-state index is 5.90. The number of aromatic nitrogens is 1. The van der Waals surface area contributed by atoms with E-state index in [-0.39, 0.29) is 0 Å². The van der Waals surface area contributed by atoms with Crippen LogP contribution in [0.2, 0.25) is 0 Å². The van der Waals surface area contributed by atoms with Gasteiger partial charge in [-0.1, -0.05) is 42.5 Å². The van der Waals surface area contributed by atoms with E-state index in [0.29, 0.717) is 12.6 Å². The number of ether oxygens (including phenoxy) is 1. The Bertz CT molecular complexity index is 821. The zero-order valence-corrected chi connectivity index (χ0v) is 15.4. The Balaban J connectivity index is 1.38. The lowest BCUT2D eigenvalue weighted by atomic mass is 10.0. The molecule has 1 unspecified atom stereocenters. The maximum atomic E-state index is 5.90. The summed E-state index contributed by atoms with van der Waals surface area (Å²) in [5.41, 5.74) is 3.81. The minimum Gasteiger partial charge on any atom is -0.489 e. The molecule has 1 fully saturated rings. The lowest BCUT2D eigenvalue weighted by Crippen LogP contribution is -2.45. The standard InChI is InChI=1S/C23H25N3O/c1-2-4-20(5-3-1)18-27-22-8-6-19(7-9-22)17-26-15-14-25-16-23(26)21-10-12-24-13-11-21/h1-13,23,25H,14-18H2. The molecular weight excluding hydrogens is 334 g/mol. The van der Waals surface area contributed by atoms with Gasteiger partial charge in [0.2, 0.25) is 0 Å². The number of piperazine rings is 1. The summed E-state index contributed by atoms with van der Waals surface area (Å²) < 4.78 is 5.90. The van der Waals surface area contributed by atoms with E-state index in [1.165, 1.54) is 16.7 Å². The van der Waals surface area contributed by atoms with Gasteiger partial charge in [-0.3, -0.25) is 9.88 Å². The van der Waals surface area contributed by atoms with Gasteiger partial charge in [0.1, 0.15) is 12.4 Å². The molecule has 4 nitrogen and oxygen atoms in total. The van der Waals surface area contributed by atoms with Gasteiger partial charge in [0, 0.05) is 44.6 Å². The van der Waals surface area contributed by atoms with Gasteiger partial charge in [-0.15, -0.1) is 0 Å². The van der Waals surface area contributed by atoms with E-state index in [1.54, 1.807) is 0 Å². The van der Waals surface area contributed by atoms with E-state index in [1.807, 2.05) is 30.6 Å². The van der Waals surface area contributed by atoms with Crippen molar-refractivity contribution < 1.29 is 4.74 Å². The first-order valence-corrected chi connectivity index (χ1v) is 9.49. The second-order valence-electron chi connectivity index (χ2n) is 6.89. The molecule has 0 spiro atoms. The van der Waals surface area contributed by atoms with Gasteiger partial charge in [0.15, 0.2) is 0 Å². The van der Waals surface area contributed by atoms with Crippen molar-refractivity contribution in [2.75, 3.05) is 19.6 Å². The van der Waals surface area contributed by atoms with E-state index < -0.39 is 0 Å². The lowest BCUT2D eigenvalue weighted by molar-refractivity contribution is 0.153. The maximum Gasteiger partial charge on any atom is 0.119 e. The number of benzene rings is 2. The van der Waals surface area contributed by atoms with Crippen LogP contribution in [0.3, 0.4) is 0 Å². The summed E-state index contributed by atoms with van der Waals surface area (Å²) in [5, 5.41) is 3.51. The van der Waals surface area contributed by atoms with Crippen molar-refractivity contribution in [1.82, 2.24) is 15.2 Å². The van der Waals surface area contributed by atoms with Crippen LogP contribution in [-0.2, 0) is 13.2 Å². The number of nitrogens with zero attached hydrogens (tertiary/aromatic N) is 2. The first-order chi connectivity index (χ1) is 13.4. The summed E-state index contributed by atoms with van der Waals surface area (Å²) in [7, 11) is 0. The molecule has 0 saturated carbocycles. The van der Waals surface area contributed by atoms with Crippen LogP contribution in [0.25, 0.3) is 0 Å². The van der Waals surface area contributed by atoms with Gasteiger partial charge in [-0.05, 0) is 41.0 Å². The summed E-state index contributed by atoms with van der Waals surface area (Å²) in [5.74, 6) is 0.911. The fourth-order valence-corrected chi connectivity index (χ4v) is 3.52. The molecule has 27 heavy (non-hydrogen) atoms. The minimum absolute atomic E-state index is 0.385. The summed E-state index contributed by atoms with van der Waals surface area (Å²) in [4.78, 5) is 6.68. The molecule has 0 amide bonds. The van der Waals surface area contributed by atoms with E-state index in [2.05, 4.69) is 63.7 Å². The monoisotopic (exact) mass is 359 g/mol. The Kier molecular flexibility index (Phi) is 5.77. The molecule has 1 N–H and O–H groups in total. The smallest absolute Gasteiger partial charge is 0.119 e. The molecule has 1 aliphatic rings. The molecule has 4 rings (SSSR count). The molecule has 1 saturated heterocycles. The third-order valence-corrected chi connectivity index (χ3v) is 5.00. The molecule has 3 aromatic rings. The highest BCUT2D eigenvalue weighted by atomic mass is 16.5. The van der Waals surface area contributed by atoms with Crippen LogP contribution in [0.15, 0.2) is 79.1 Å². The molecule has 0 radical (unpaired) electrons. The number of hydrogen-bond donors (Lipinski definition) is 1. The molecule has 2 aromatic carbocycles. The molecule has 138 valence electrons. The van der Waals surface area contributed by atoms with Crippen molar-refractivity contribution in [2.45, 2.75) is 19.2 Å². The van der Waals surface area contributed by atoms with Gasteiger partial charge in [0.05, 0.1) is 0 Å². The normalized spacial score (nSPS) is 17.6. The molecular formula is C23H25N3O. The number of hydrogen-bond acceptors (Lipinski definition) is 4. The van der Waals surface area contributed by atoms with Crippen molar-refractivity contribution in [1.29, 1.82) is 0 Å². The molecule has 2 heterocycles. The van der Waals surface area contributed by atoms with E-state index in [4.69, 9.17) is 4.74 Å². The molecule has 1 aliphatic heterocycles. The van der Waals surface area contributed by atoms with Crippen LogP contribution in [0, 0.1) is 0 Å². The predicted molar refractivity (Wildman–Crippen MR) is 107 cm³/mol. The van der Waals surface area contributed by atoms with E-state index in [9.17, 15) is 0 Å². The Labute approximate surface area is 160 Å². The SMILES string of the molecule is c1ccc(COc2ccc(CN3CCNCC3c3ccncc3)cc2)cc1. The Hall–Kier alpha value is -2.69. The highest BCUT2D eigenvalue weighted by Gasteiger charge is 2.23. The van der Waals surface area contributed by atoms with Crippen molar-refractivity contribution in [3.63, 3.8) is 0 Å². The fourth-order valence-electron chi connectivity index (χ4n) is 3.52. The molecule has 1 atom stereocenters. The van der Waals surface area contributed by atoms with E-state index in [0.717, 1.165) is 31.9 Å². The third kappa shape index (κ3) is 4.73. The number of pyridine rings is 1. The highest BCUT2D eigenvalue weighted by Crippen LogP contribution is 2.24.